The van der Waals surface area contributed by atoms with Crippen LogP contribution in [0.4, 0.5) is 15.8 Å². The molecule has 0 radical (unpaired) electrons. The molecule has 0 aliphatic carbocycles. The number of imide groups is 1. The third-order valence-corrected chi connectivity index (χ3v) is 4.38. The number of nitrogens with one attached hydrogen (secondary N) is 3. The highest BCUT2D eigenvalue weighted by molar-refractivity contribution is 6.33. The Hall–Kier alpha value is -1.86. The minimum Gasteiger partial charge on any atom is -0.372 e. The Labute approximate surface area is 138 Å². The number of hydrogen-bond acceptors (Lipinski definition) is 5. The van der Waals surface area contributed by atoms with Gasteiger partial charge in [0.1, 0.15) is 11.9 Å². The summed E-state index contributed by atoms with van der Waals surface area (Å²) in [6.45, 7) is 3.03. The molecule has 2 aliphatic rings. The molecule has 2 amide bonds. The molecule has 8 heteroatoms. The lowest BCUT2D eigenvalue weighted by molar-refractivity contribution is -0.133. The van der Waals surface area contributed by atoms with Crippen molar-refractivity contribution < 1.29 is 14.0 Å². The second kappa shape index (κ2) is 6.72. The van der Waals surface area contributed by atoms with Gasteiger partial charge in [-0.1, -0.05) is 11.6 Å². The van der Waals surface area contributed by atoms with E-state index < -0.39 is 11.9 Å². The third kappa shape index (κ3) is 3.56. The van der Waals surface area contributed by atoms with Gasteiger partial charge in [0.05, 0.1) is 16.4 Å². The summed E-state index contributed by atoms with van der Waals surface area (Å²) >= 11 is 6.25. The maximum absolute atomic E-state index is 14.4. The van der Waals surface area contributed by atoms with E-state index in [0.717, 1.165) is 13.1 Å². The van der Waals surface area contributed by atoms with Crippen LogP contribution in [0, 0.1) is 5.82 Å². The van der Waals surface area contributed by atoms with Crippen LogP contribution in [0.2, 0.25) is 5.02 Å². The summed E-state index contributed by atoms with van der Waals surface area (Å²) in [4.78, 5) is 24.9. The van der Waals surface area contributed by atoms with Gasteiger partial charge < -0.3 is 15.5 Å². The average molecular weight is 341 g/mol. The summed E-state index contributed by atoms with van der Waals surface area (Å²) in [7, 11) is 0. The zero-order valence-corrected chi connectivity index (χ0v) is 13.3. The highest BCUT2D eigenvalue weighted by atomic mass is 35.5. The van der Waals surface area contributed by atoms with Crippen LogP contribution in [0.3, 0.4) is 0 Å². The number of carbonyl (C=O) groups excluding carboxylic acids is 2. The molecular formula is C15H18ClFN4O2. The van der Waals surface area contributed by atoms with Crippen molar-refractivity contribution in [3.05, 3.63) is 23.0 Å². The molecule has 3 rings (SSSR count). The van der Waals surface area contributed by atoms with Crippen LogP contribution in [0.15, 0.2) is 12.1 Å². The Morgan fingerprint density at radius 3 is 2.70 bits per heavy atom. The van der Waals surface area contributed by atoms with E-state index in [1.807, 2.05) is 4.90 Å². The fourth-order valence-electron chi connectivity index (χ4n) is 2.81. The number of hydrogen-bond donors (Lipinski definition) is 3. The Bertz CT molecular complexity index is 634. The Morgan fingerprint density at radius 1 is 1.26 bits per heavy atom. The summed E-state index contributed by atoms with van der Waals surface area (Å²) in [5, 5.41) is 8.74. The molecule has 2 heterocycles. The van der Waals surface area contributed by atoms with Crippen molar-refractivity contribution >= 4 is 34.8 Å². The van der Waals surface area contributed by atoms with Gasteiger partial charge in [-0.05, 0) is 12.5 Å². The van der Waals surface area contributed by atoms with Gasteiger partial charge in [-0.25, -0.2) is 4.39 Å². The number of nitrogens with zero attached hydrogens (tertiary/aromatic N) is 1. The van der Waals surface area contributed by atoms with Gasteiger partial charge in [0.25, 0.3) is 0 Å². The lowest BCUT2D eigenvalue weighted by Crippen LogP contribution is -2.47. The van der Waals surface area contributed by atoms with Gasteiger partial charge in [0.15, 0.2) is 0 Å². The molecule has 2 fully saturated rings. The topological polar surface area (TPSA) is 73.5 Å². The summed E-state index contributed by atoms with van der Waals surface area (Å²) in [5.74, 6) is -1.09. The summed E-state index contributed by atoms with van der Waals surface area (Å²) in [5.41, 5.74) is 0.822. The smallest absolute Gasteiger partial charge is 0.249 e. The van der Waals surface area contributed by atoms with Crippen molar-refractivity contribution in [2.24, 2.45) is 0 Å². The molecule has 2 aliphatic heterocycles. The minimum absolute atomic E-state index is 0.252. The lowest BCUT2D eigenvalue weighted by Gasteiger charge is -2.30. The number of benzene rings is 1. The van der Waals surface area contributed by atoms with E-state index in [0.29, 0.717) is 35.9 Å². The molecule has 1 aromatic rings. The zero-order chi connectivity index (χ0) is 16.4. The van der Waals surface area contributed by atoms with Crippen LogP contribution in [0.5, 0.6) is 0 Å². The van der Waals surface area contributed by atoms with Crippen LogP contribution in [0.25, 0.3) is 0 Å². The van der Waals surface area contributed by atoms with Crippen molar-refractivity contribution in [3.63, 3.8) is 0 Å². The molecule has 0 spiro atoms. The van der Waals surface area contributed by atoms with Crippen LogP contribution in [-0.4, -0.2) is 44.0 Å². The normalized spacial score (nSPS) is 22.0. The molecule has 2 saturated heterocycles. The predicted molar refractivity (Wildman–Crippen MR) is 86.3 cm³/mol. The van der Waals surface area contributed by atoms with Crippen molar-refractivity contribution in [1.29, 1.82) is 0 Å². The molecule has 1 aromatic carbocycles. The standard InChI is InChI=1S/C15H18ClFN4O2/c16-9-7-13(21-5-3-18-4-6-21)10(17)8-12(9)19-11-1-2-14(22)20-15(11)23/h7-8,11,18-19H,1-6H2,(H,20,22,23). The van der Waals surface area contributed by atoms with Gasteiger partial charge in [-0.3, -0.25) is 14.9 Å². The fraction of sp³-hybridized carbons (Fsp3) is 0.467. The maximum atomic E-state index is 14.4. The molecule has 0 bridgehead atoms. The molecule has 1 unspecified atom stereocenters. The largest absolute Gasteiger partial charge is 0.372 e. The number of halogens is 2. The van der Waals surface area contributed by atoms with Gasteiger partial charge in [0, 0.05) is 38.7 Å². The molecule has 6 nitrogen and oxygen atoms in total. The van der Waals surface area contributed by atoms with E-state index in [9.17, 15) is 14.0 Å². The summed E-state index contributed by atoms with van der Waals surface area (Å²) in [6, 6.07) is 2.30. The second-order valence-corrected chi connectivity index (χ2v) is 6.08. The quantitative estimate of drug-likeness (QED) is 0.719. The van der Waals surface area contributed by atoms with Crippen LogP contribution < -0.4 is 20.9 Å². The molecular weight excluding hydrogens is 323 g/mol. The zero-order valence-electron chi connectivity index (χ0n) is 12.5. The average Bonchev–Trinajstić information content (AvgIpc) is 2.54. The monoisotopic (exact) mass is 340 g/mol. The molecule has 23 heavy (non-hydrogen) atoms. The van der Waals surface area contributed by atoms with Crippen LogP contribution >= 0.6 is 11.6 Å². The first-order chi connectivity index (χ1) is 11.0. The Kier molecular flexibility index (Phi) is 4.68. The maximum Gasteiger partial charge on any atom is 0.249 e. The van der Waals surface area contributed by atoms with Crippen molar-refractivity contribution in [3.8, 4) is 0 Å². The highest BCUT2D eigenvalue weighted by Crippen LogP contribution is 2.32. The molecule has 124 valence electrons. The SMILES string of the molecule is O=C1CCC(Nc2cc(F)c(N3CCNCC3)cc2Cl)C(=O)N1. The highest BCUT2D eigenvalue weighted by Gasteiger charge is 2.27. The number of rotatable bonds is 3. The van der Waals surface area contributed by atoms with Gasteiger partial charge in [0.2, 0.25) is 11.8 Å². The minimum atomic E-state index is -0.588. The van der Waals surface area contributed by atoms with Crippen molar-refractivity contribution in [1.82, 2.24) is 10.6 Å². The molecule has 0 saturated carbocycles. The van der Waals surface area contributed by atoms with Gasteiger partial charge in [-0.2, -0.15) is 0 Å². The summed E-state index contributed by atoms with van der Waals surface area (Å²) < 4.78 is 14.4. The van der Waals surface area contributed by atoms with Crippen molar-refractivity contribution in [2.45, 2.75) is 18.9 Å². The number of piperazine rings is 1. The number of amides is 2. The summed E-state index contributed by atoms with van der Waals surface area (Å²) in [6.07, 6.45) is 0.616. The van der Waals surface area contributed by atoms with Crippen molar-refractivity contribution in [2.75, 3.05) is 36.4 Å². The number of piperidine rings is 1. The van der Waals surface area contributed by atoms with E-state index >= 15 is 0 Å². The van der Waals surface area contributed by atoms with E-state index in [2.05, 4.69) is 16.0 Å². The lowest BCUT2D eigenvalue weighted by atomic mass is 10.1. The Balaban J connectivity index is 1.77. The third-order valence-electron chi connectivity index (χ3n) is 4.06. The first-order valence-electron chi connectivity index (χ1n) is 7.59. The van der Waals surface area contributed by atoms with E-state index in [1.54, 1.807) is 6.07 Å². The molecule has 1 atom stereocenters. The number of carbonyl (C=O) groups is 2. The predicted octanol–water partition coefficient (Wildman–Crippen LogP) is 1.11. The van der Waals surface area contributed by atoms with Crippen LogP contribution in [-0.2, 0) is 9.59 Å². The Morgan fingerprint density at radius 2 is 2.00 bits per heavy atom. The first-order valence-corrected chi connectivity index (χ1v) is 7.97. The van der Waals surface area contributed by atoms with Gasteiger partial charge in [-0.15, -0.1) is 0 Å². The van der Waals surface area contributed by atoms with E-state index in [-0.39, 0.29) is 18.1 Å². The van der Waals surface area contributed by atoms with Crippen LogP contribution in [0.1, 0.15) is 12.8 Å². The molecule has 3 N–H and O–H groups in total. The fourth-order valence-corrected chi connectivity index (χ4v) is 3.03. The van der Waals surface area contributed by atoms with E-state index in [4.69, 9.17) is 11.6 Å². The number of anilines is 2. The van der Waals surface area contributed by atoms with Gasteiger partial charge >= 0.3 is 0 Å². The second-order valence-electron chi connectivity index (χ2n) is 5.67. The van der Waals surface area contributed by atoms with E-state index in [1.165, 1.54) is 6.07 Å². The first kappa shape index (κ1) is 16.0. The molecule has 0 aromatic heterocycles.